The van der Waals surface area contributed by atoms with E-state index in [-0.39, 0.29) is 84.7 Å². The maximum Gasteiger partial charge on any atom is 0.407 e. The first kappa shape index (κ1) is 106. The quantitative estimate of drug-likeness (QED) is 0.0263. The molecule has 6 rings (SSSR count). The highest BCUT2D eigenvalue weighted by Crippen LogP contribution is 2.42. The number of ether oxygens (including phenoxy) is 3. The number of hydrogen-bond donors (Lipinski definition) is 11. The van der Waals surface area contributed by atoms with Gasteiger partial charge in [-0.3, -0.25) is 0 Å². The molecule has 0 aromatic heterocycles. The van der Waals surface area contributed by atoms with Crippen LogP contribution in [0.25, 0.3) is 18.2 Å². The van der Waals surface area contributed by atoms with Crippen molar-refractivity contribution in [2.45, 2.75) is 253 Å². The highest BCUT2D eigenvalue weighted by molar-refractivity contribution is 5.86. The van der Waals surface area contributed by atoms with E-state index in [9.17, 15) is 19.2 Å². The van der Waals surface area contributed by atoms with E-state index in [0.29, 0.717) is 69.3 Å². The number of carbonyl (C=O) groups excluding carboxylic acids is 4. The number of aliphatic hydroxyl groups is 3. The third-order valence-electron chi connectivity index (χ3n) is 15.8. The third kappa shape index (κ3) is 57.7. The maximum atomic E-state index is 11.8. The molecule has 0 aliphatic heterocycles. The summed E-state index contributed by atoms with van der Waals surface area (Å²) >= 11 is 0. The number of rotatable bonds is 26. The van der Waals surface area contributed by atoms with Crippen LogP contribution < -0.4 is 43.8 Å². The minimum atomic E-state index is -0.545. The van der Waals surface area contributed by atoms with Gasteiger partial charge >= 0.3 is 18.3 Å². The standard InChI is InChI=1S/C23H36N2O2.C18H28N2.C13H17N.C10H21NO3.C10H19NO3.C5H13NO.2C2H6.CH4O.3ClH/c1-7-18(13-17-11-9-8-10-12-17)19-14-20(19)24-15-23(5,6)16-25-21(26)27-22(2,3)4;1-4-15(10-14-8-6-5-7-9-14)16-11-17(16)20-13-18(2,3)12-19;1-2-11(12-9-13(12)14)8-10-6-4-3-5-7-10;2*1-9(2,3)14-8(13)11-6-10(4,5)7-12;1-5(2,3-6)4-7;3*1-2;;;/h8-13,19-20,24H,7,14-16H2,1-6H3,(H,25,26);5-10,16-17,20H,4,11-13,19H2,1-3H3;3-8,12-13H,2,9,14H2,1H3;12H,6-7H2,1-5H3,(H,11,13);7H,6H2,1-5H3,(H,11,13);7H,3-4,6H2,1-2H3;2*1-2H3;2H,1H3;3*1H/b18-13+;15-10+;11-8+;;;;;;;;;/t19-,20+;16-,17+;12-,13+;;;;;;;;;/m000........./s1/i;;;;;;2*1D;;;;. The van der Waals surface area contributed by atoms with Crippen molar-refractivity contribution >= 4 is 80.0 Å². The van der Waals surface area contributed by atoms with Crippen molar-refractivity contribution in [2.75, 3.05) is 66.1 Å². The molecule has 3 saturated carbocycles. The molecule has 21 heteroatoms. The Morgan fingerprint density at radius 1 is 0.457 bits per heavy atom. The highest BCUT2D eigenvalue weighted by Gasteiger charge is 2.41. The number of aliphatic hydroxyl groups excluding tert-OH is 3. The van der Waals surface area contributed by atoms with E-state index in [0.717, 1.165) is 52.3 Å². The van der Waals surface area contributed by atoms with Crippen molar-refractivity contribution in [1.82, 2.24) is 26.6 Å². The molecule has 3 amide bonds. The van der Waals surface area contributed by atoms with Crippen LogP contribution in [0.15, 0.2) is 108 Å². The normalized spacial score (nSPS) is 17.6. The Balaban J connectivity index is -0.000000288. The smallest absolute Gasteiger partial charge is 0.407 e. The Morgan fingerprint density at radius 2 is 0.724 bits per heavy atom. The van der Waals surface area contributed by atoms with Crippen LogP contribution in [-0.4, -0.2) is 141 Å². The fourth-order valence-electron chi connectivity index (χ4n) is 8.98. The van der Waals surface area contributed by atoms with Crippen LogP contribution >= 0.6 is 37.2 Å². The number of carbonyl (C=O) groups is 4. The Hall–Kier alpha value is -5.09. The fourth-order valence-corrected chi connectivity index (χ4v) is 8.98. The number of benzene rings is 3. The molecule has 3 aromatic rings. The zero-order valence-corrected chi connectivity index (χ0v) is 72.1. The topological polar surface area (TPSA) is 295 Å². The molecule has 3 fully saturated rings. The Bertz CT molecular complexity index is 2860. The molecule has 0 spiro atoms. The van der Waals surface area contributed by atoms with Crippen LogP contribution in [0.5, 0.6) is 0 Å². The first-order valence-electron chi connectivity index (χ1n) is 38.2. The van der Waals surface area contributed by atoms with Gasteiger partial charge in [-0.1, -0.05) is 244 Å². The molecular formula is C84H153Cl3N8O10. The Morgan fingerprint density at radius 3 is 0.962 bits per heavy atom. The molecule has 14 N–H and O–H groups in total. The van der Waals surface area contributed by atoms with Crippen LogP contribution in [0.2, 0.25) is 0 Å². The minimum absolute atomic E-state index is 0. The largest absolute Gasteiger partial charge is 0.444 e. The second-order valence-electron chi connectivity index (χ2n) is 32.7. The second kappa shape index (κ2) is 56.2. The lowest BCUT2D eigenvalue weighted by Crippen LogP contribution is -2.42. The van der Waals surface area contributed by atoms with Gasteiger partial charge in [-0.05, 0) is 159 Å². The lowest BCUT2D eigenvalue weighted by atomic mass is 9.93. The molecule has 3 aliphatic rings. The number of hydrogen-bond acceptors (Lipinski definition) is 15. The van der Waals surface area contributed by atoms with Gasteiger partial charge in [-0.15, -0.1) is 37.2 Å². The van der Waals surface area contributed by atoms with Gasteiger partial charge in [0.15, 0.2) is 0 Å². The number of alkyl carbamates (subject to hydrolysis) is 3. The molecule has 6 atom stereocenters. The van der Waals surface area contributed by atoms with E-state index < -0.39 is 34.4 Å². The molecule has 3 aromatic carbocycles. The first-order valence-corrected chi connectivity index (χ1v) is 36.7. The molecule has 3 aliphatic carbocycles. The zero-order valence-electron chi connectivity index (χ0n) is 71.6. The number of aldehydes is 1. The summed E-state index contributed by atoms with van der Waals surface area (Å²) in [7, 11) is 1.00. The zero-order chi connectivity index (χ0) is 80.8. The highest BCUT2D eigenvalue weighted by atomic mass is 35.5. The minimum Gasteiger partial charge on any atom is -0.444 e. The molecule has 0 saturated heterocycles. The molecule has 0 bridgehead atoms. The van der Waals surface area contributed by atoms with Gasteiger partial charge in [0.05, 0.1) is 0 Å². The van der Waals surface area contributed by atoms with Crippen molar-refractivity contribution in [2.24, 2.45) is 62.0 Å². The summed E-state index contributed by atoms with van der Waals surface area (Å²) in [6, 6.07) is 33.3. The molecule has 610 valence electrons. The van der Waals surface area contributed by atoms with Crippen molar-refractivity contribution in [3.63, 3.8) is 0 Å². The number of halogens is 3. The predicted octanol–water partition coefficient (Wildman–Crippen LogP) is 17.4. The molecule has 105 heavy (non-hydrogen) atoms. The van der Waals surface area contributed by atoms with E-state index in [1.807, 2.05) is 75.3 Å². The fraction of sp³-hybridized carbons (Fsp3) is 0.667. The molecule has 18 nitrogen and oxygen atoms in total. The van der Waals surface area contributed by atoms with E-state index in [2.05, 4.69) is 178 Å². The summed E-state index contributed by atoms with van der Waals surface area (Å²) in [5.74, 6) is 2.00. The van der Waals surface area contributed by atoms with Crippen molar-refractivity contribution in [3.05, 3.63) is 124 Å². The Labute approximate surface area is 660 Å². The van der Waals surface area contributed by atoms with Gasteiger partial charge in [0.2, 0.25) is 0 Å². The third-order valence-corrected chi connectivity index (χ3v) is 15.8. The van der Waals surface area contributed by atoms with E-state index in [1.165, 1.54) is 47.1 Å². The average molecular weight is 1540 g/mol. The number of amides is 3. The first-order chi connectivity index (χ1) is 48.2. The number of nitrogens with one attached hydrogen (secondary N) is 5. The van der Waals surface area contributed by atoms with Crippen LogP contribution in [0.3, 0.4) is 0 Å². The van der Waals surface area contributed by atoms with Crippen LogP contribution in [0.1, 0.15) is 238 Å². The monoisotopic (exact) mass is 1540 g/mol. The molecular weight excluding hydrogens is 1390 g/mol. The summed E-state index contributed by atoms with van der Waals surface area (Å²) < 4.78 is 27.8. The van der Waals surface area contributed by atoms with E-state index >= 15 is 0 Å². The number of nitrogens with two attached hydrogens (primary N) is 3. The lowest BCUT2D eigenvalue weighted by molar-refractivity contribution is -0.114. The maximum absolute atomic E-state index is 11.8. The summed E-state index contributed by atoms with van der Waals surface area (Å²) in [6.07, 6.45) is 13.5. The van der Waals surface area contributed by atoms with Gasteiger partial charge in [-0.2, -0.15) is 0 Å². The van der Waals surface area contributed by atoms with Crippen LogP contribution in [0, 0.1) is 44.8 Å². The van der Waals surface area contributed by atoms with Crippen LogP contribution in [-0.2, 0) is 19.0 Å². The van der Waals surface area contributed by atoms with Crippen LogP contribution in [0.4, 0.5) is 14.4 Å². The molecule has 0 radical (unpaired) electrons. The summed E-state index contributed by atoms with van der Waals surface area (Å²) in [5, 5.41) is 39.9. The summed E-state index contributed by atoms with van der Waals surface area (Å²) in [5.41, 5.74) is 23.2. The van der Waals surface area contributed by atoms with Gasteiger partial charge in [0, 0.05) is 90.2 Å². The average Bonchev–Trinajstić information content (AvgIpc) is 1.67. The second-order valence-corrected chi connectivity index (χ2v) is 32.7. The Kier molecular flexibility index (Phi) is 56.9. The van der Waals surface area contributed by atoms with Gasteiger partial charge in [0.1, 0.15) is 23.1 Å². The SMILES string of the molecule is CC(C)(C=O)CNC(=O)OC(C)(C)C.CC(C)(CN)CO.CC(C)(CO)CNC(=O)OC(C)(C)C.CC/C(=C\c1ccccc1)[C@@H]1C[C@H]1N.CC/C(=C\c1ccccc1)[C@@H]1C[C@H]1NCC(C)(C)CN.CC/C(=C\c1ccccc1)[C@@H]1C[C@H]1NCC(C)(C)CNC(=O)OC(C)(C)C.CO.Cl.Cl.Cl.[2H]CC.[2H]CC. The molecule has 0 heterocycles. The van der Waals surface area contributed by atoms with Crippen molar-refractivity contribution in [1.29, 1.82) is 0 Å². The van der Waals surface area contributed by atoms with Crippen molar-refractivity contribution in [3.8, 4) is 0 Å². The van der Waals surface area contributed by atoms with E-state index in [4.69, 9.17) is 49.5 Å². The van der Waals surface area contributed by atoms with Gasteiger partial charge in [0.25, 0.3) is 0 Å². The summed E-state index contributed by atoms with van der Waals surface area (Å²) in [6.45, 7) is 52.2. The predicted molar refractivity (Wildman–Crippen MR) is 453 cm³/mol. The summed E-state index contributed by atoms with van der Waals surface area (Å²) in [4.78, 5) is 44.8. The van der Waals surface area contributed by atoms with Gasteiger partial charge in [-0.25, -0.2) is 14.4 Å². The van der Waals surface area contributed by atoms with E-state index in [1.54, 1.807) is 54.0 Å². The van der Waals surface area contributed by atoms with Crippen molar-refractivity contribution < 1.29 is 51.4 Å². The lowest BCUT2D eigenvalue weighted by Gasteiger charge is -2.27. The van der Waals surface area contributed by atoms with Gasteiger partial charge < -0.3 is 78.1 Å². The molecule has 0 unspecified atom stereocenters.